The van der Waals surface area contributed by atoms with Crippen molar-refractivity contribution in [3.8, 4) is 0 Å². The van der Waals surface area contributed by atoms with E-state index in [1.807, 2.05) is 13.0 Å². The molecule has 4 rings (SSSR count). The molecule has 7 nitrogen and oxygen atoms in total. The van der Waals surface area contributed by atoms with Crippen LogP contribution in [0.15, 0.2) is 55.1 Å². The van der Waals surface area contributed by atoms with Gasteiger partial charge in [0.1, 0.15) is 0 Å². The SMILES string of the molecule is Cc1ccc(C(=O)Nc2cncc(C(F)(F)F)c2)cc1C1CCN(c2cncc(C(N)=O)c2)C1. The van der Waals surface area contributed by atoms with Crippen LogP contribution in [0.3, 0.4) is 0 Å². The minimum absolute atomic E-state index is 0.0316. The van der Waals surface area contributed by atoms with Crippen LogP contribution in [0.5, 0.6) is 0 Å². The number of anilines is 2. The number of amides is 2. The van der Waals surface area contributed by atoms with E-state index in [0.29, 0.717) is 23.9 Å². The Morgan fingerprint density at radius 3 is 2.56 bits per heavy atom. The summed E-state index contributed by atoms with van der Waals surface area (Å²) >= 11 is 0. The van der Waals surface area contributed by atoms with Crippen molar-refractivity contribution in [3.63, 3.8) is 0 Å². The number of halogens is 3. The zero-order valence-electron chi connectivity index (χ0n) is 18.3. The van der Waals surface area contributed by atoms with Gasteiger partial charge in [0.25, 0.3) is 5.91 Å². The first-order valence-corrected chi connectivity index (χ1v) is 10.6. The molecule has 2 amide bonds. The van der Waals surface area contributed by atoms with Crippen molar-refractivity contribution in [2.24, 2.45) is 5.73 Å². The molecule has 0 spiro atoms. The number of hydrogen-bond donors (Lipinski definition) is 2. The van der Waals surface area contributed by atoms with Gasteiger partial charge >= 0.3 is 6.18 Å². The number of rotatable bonds is 5. The van der Waals surface area contributed by atoms with Crippen LogP contribution in [0.1, 0.15) is 49.7 Å². The highest BCUT2D eigenvalue weighted by Crippen LogP contribution is 2.33. The molecule has 0 radical (unpaired) electrons. The molecule has 1 unspecified atom stereocenters. The molecular formula is C24H22F3N5O2. The van der Waals surface area contributed by atoms with E-state index < -0.39 is 23.6 Å². The van der Waals surface area contributed by atoms with Gasteiger partial charge in [0.15, 0.2) is 0 Å². The van der Waals surface area contributed by atoms with Crippen LogP contribution >= 0.6 is 0 Å². The Balaban J connectivity index is 1.51. The molecule has 0 aliphatic carbocycles. The molecule has 1 aromatic carbocycles. The molecule has 3 heterocycles. The number of nitrogens with two attached hydrogens (primary N) is 1. The van der Waals surface area contributed by atoms with Crippen molar-refractivity contribution < 1.29 is 22.8 Å². The standard InChI is InChI=1S/C24H22F3N5O2/c1-14-2-3-15(23(34)31-19-8-18(10-30-11-19)24(25,26)27)7-21(14)16-4-5-32(13-16)20-6-17(22(28)33)9-29-12-20/h2-3,6-12,16H,4-5,13H2,1H3,(H2,28,33)(H,31,34). The quantitative estimate of drug-likeness (QED) is 0.585. The normalized spacial score (nSPS) is 15.9. The number of aryl methyl sites for hydroxylation is 1. The van der Waals surface area contributed by atoms with E-state index in [9.17, 15) is 22.8 Å². The summed E-state index contributed by atoms with van der Waals surface area (Å²) in [7, 11) is 0. The van der Waals surface area contributed by atoms with E-state index in [0.717, 1.165) is 35.8 Å². The molecule has 34 heavy (non-hydrogen) atoms. The summed E-state index contributed by atoms with van der Waals surface area (Å²) in [5.74, 6) is -0.938. The summed E-state index contributed by atoms with van der Waals surface area (Å²) in [4.78, 5) is 34.0. The first kappa shape index (κ1) is 23.2. The van der Waals surface area contributed by atoms with E-state index in [2.05, 4.69) is 20.2 Å². The molecule has 1 fully saturated rings. The van der Waals surface area contributed by atoms with Gasteiger partial charge in [0.05, 0.1) is 34.9 Å². The van der Waals surface area contributed by atoms with Crippen molar-refractivity contribution in [3.05, 3.63) is 82.9 Å². The summed E-state index contributed by atoms with van der Waals surface area (Å²) in [5, 5.41) is 2.50. The van der Waals surface area contributed by atoms with Crippen LogP contribution in [0.25, 0.3) is 0 Å². The second-order valence-corrected chi connectivity index (χ2v) is 8.21. The van der Waals surface area contributed by atoms with Crippen molar-refractivity contribution in [2.45, 2.75) is 25.4 Å². The second kappa shape index (κ2) is 9.12. The fourth-order valence-corrected chi connectivity index (χ4v) is 4.07. The largest absolute Gasteiger partial charge is 0.417 e. The Morgan fingerprint density at radius 1 is 1.06 bits per heavy atom. The van der Waals surface area contributed by atoms with Crippen molar-refractivity contribution in [2.75, 3.05) is 23.3 Å². The molecule has 1 atom stereocenters. The predicted molar refractivity (Wildman–Crippen MR) is 121 cm³/mol. The average molecular weight is 469 g/mol. The molecule has 176 valence electrons. The summed E-state index contributed by atoms with van der Waals surface area (Å²) in [6.07, 6.45) is 1.25. The van der Waals surface area contributed by atoms with Crippen LogP contribution < -0.4 is 16.0 Å². The van der Waals surface area contributed by atoms with Crippen LogP contribution in [-0.2, 0) is 6.18 Å². The number of alkyl halides is 3. The van der Waals surface area contributed by atoms with E-state index in [1.54, 1.807) is 24.4 Å². The first-order chi connectivity index (χ1) is 16.1. The maximum Gasteiger partial charge on any atom is 0.417 e. The summed E-state index contributed by atoms with van der Waals surface area (Å²) in [6.45, 7) is 3.35. The van der Waals surface area contributed by atoms with Gasteiger partial charge in [0.2, 0.25) is 5.91 Å². The lowest BCUT2D eigenvalue weighted by molar-refractivity contribution is -0.137. The van der Waals surface area contributed by atoms with Crippen LogP contribution in [-0.4, -0.2) is 34.9 Å². The van der Waals surface area contributed by atoms with Gasteiger partial charge in [-0.25, -0.2) is 0 Å². The van der Waals surface area contributed by atoms with Crippen LogP contribution in [0.4, 0.5) is 24.5 Å². The molecule has 3 aromatic rings. The predicted octanol–water partition coefficient (Wildman–Crippen LogP) is 4.15. The number of carbonyl (C=O) groups excluding carboxylic acids is 2. The lowest BCUT2D eigenvalue weighted by Crippen LogP contribution is -2.21. The van der Waals surface area contributed by atoms with Crippen molar-refractivity contribution >= 4 is 23.2 Å². The topological polar surface area (TPSA) is 101 Å². The lowest BCUT2D eigenvalue weighted by Gasteiger charge is -2.20. The smallest absolute Gasteiger partial charge is 0.370 e. The highest BCUT2D eigenvalue weighted by Gasteiger charge is 2.31. The van der Waals surface area contributed by atoms with Gasteiger partial charge in [-0.05, 0) is 48.7 Å². The van der Waals surface area contributed by atoms with Gasteiger partial charge in [-0.3, -0.25) is 19.6 Å². The number of hydrogen-bond acceptors (Lipinski definition) is 5. The lowest BCUT2D eigenvalue weighted by atomic mass is 9.92. The third-order valence-electron chi connectivity index (χ3n) is 5.87. The Bertz CT molecular complexity index is 1250. The molecule has 1 aliphatic heterocycles. The van der Waals surface area contributed by atoms with E-state index in [1.165, 1.54) is 12.4 Å². The Hall–Kier alpha value is -3.95. The number of nitrogens with zero attached hydrogens (tertiary/aromatic N) is 3. The summed E-state index contributed by atoms with van der Waals surface area (Å²) < 4.78 is 38.8. The van der Waals surface area contributed by atoms with Crippen molar-refractivity contribution in [1.82, 2.24) is 9.97 Å². The number of primary amides is 1. The minimum atomic E-state index is -4.55. The maximum absolute atomic E-state index is 12.9. The number of carbonyl (C=O) groups is 2. The Labute approximate surface area is 193 Å². The van der Waals surface area contributed by atoms with Crippen LogP contribution in [0.2, 0.25) is 0 Å². The van der Waals surface area contributed by atoms with E-state index in [4.69, 9.17) is 5.73 Å². The van der Waals surface area contributed by atoms with Gasteiger partial charge in [-0.1, -0.05) is 6.07 Å². The van der Waals surface area contributed by atoms with Gasteiger partial charge < -0.3 is 16.0 Å². The first-order valence-electron chi connectivity index (χ1n) is 10.6. The van der Waals surface area contributed by atoms with E-state index >= 15 is 0 Å². The maximum atomic E-state index is 12.9. The fraction of sp³-hybridized carbons (Fsp3) is 0.250. The van der Waals surface area contributed by atoms with Gasteiger partial charge in [0, 0.05) is 37.0 Å². The number of pyridine rings is 2. The molecule has 1 saturated heterocycles. The Morgan fingerprint density at radius 2 is 1.82 bits per heavy atom. The summed E-state index contributed by atoms with van der Waals surface area (Å²) in [6, 6.07) is 7.80. The average Bonchev–Trinajstić information content (AvgIpc) is 3.29. The highest BCUT2D eigenvalue weighted by atomic mass is 19.4. The molecule has 3 N–H and O–H groups in total. The Kier molecular flexibility index (Phi) is 6.23. The summed E-state index contributed by atoms with van der Waals surface area (Å²) in [5.41, 5.74) is 7.85. The highest BCUT2D eigenvalue weighted by molar-refractivity contribution is 6.04. The van der Waals surface area contributed by atoms with Gasteiger partial charge in [-0.15, -0.1) is 0 Å². The monoisotopic (exact) mass is 469 g/mol. The second-order valence-electron chi connectivity index (χ2n) is 8.21. The zero-order chi connectivity index (χ0) is 24.5. The minimum Gasteiger partial charge on any atom is -0.370 e. The number of benzene rings is 1. The fourth-order valence-electron chi connectivity index (χ4n) is 4.07. The zero-order valence-corrected chi connectivity index (χ0v) is 18.3. The van der Waals surface area contributed by atoms with Gasteiger partial charge in [-0.2, -0.15) is 13.2 Å². The van der Waals surface area contributed by atoms with Crippen molar-refractivity contribution in [1.29, 1.82) is 0 Å². The molecule has 0 saturated carbocycles. The van der Waals surface area contributed by atoms with E-state index in [-0.39, 0.29) is 11.6 Å². The number of nitrogens with one attached hydrogen (secondary N) is 1. The third-order valence-corrected chi connectivity index (χ3v) is 5.87. The molecule has 10 heteroatoms. The molecular weight excluding hydrogens is 447 g/mol. The molecule has 0 bridgehead atoms. The third kappa shape index (κ3) is 5.00. The number of aromatic nitrogens is 2. The molecule has 2 aromatic heterocycles. The molecule has 1 aliphatic rings. The van der Waals surface area contributed by atoms with Crippen LogP contribution in [0, 0.1) is 6.92 Å².